The van der Waals surface area contributed by atoms with Crippen LogP contribution in [0.1, 0.15) is 51.0 Å². The lowest BCUT2D eigenvalue weighted by Gasteiger charge is -2.36. The fourth-order valence-electron chi connectivity index (χ4n) is 2.72. The highest BCUT2D eigenvalue weighted by molar-refractivity contribution is 5.18. The van der Waals surface area contributed by atoms with Gasteiger partial charge in [0.2, 0.25) is 0 Å². The Hall–Kier alpha value is -0.890. The molecule has 0 saturated carbocycles. The van der Waals surface area contributed by atoms with Crippen molar-refractivity contribution < 1.29 is 4.74 Å². The van der Waals surface area contributed by atoms with Gasteiger partial charge in [-0.2, -0.15) is 0 Å². The zero-order chi connectivity index (χ0) is 12.4. The molecule has 1 saturated heterocycles. The van der Waals surface area contributed by atoms with Crippen LogP contribution in [0.3, 0.4) is 0 Å². The average Bonchev–Trinajstić information content (AvgIpc) is 2.28. The molecule has 0 unspecified atom stereocenters. The van der Waals surface area contributed by atoms with Crippen molar-refractivity contribution in [2.75, 3.05) is 0 Å². The number of nitrogens with zero attached hydrogens (tertiary/aromatic N) is 1. The minimum absolute atomic E-state index is 0.257. The molecule has 0 spiro atoms. The third-order valence-corrected chi connectivity index (χ3v) is 3.78. The summed E-state index contributed by atoms with van der Waals surface area (Å²) in [4.78, 5) is 4.25. The molecule has 0 N–H and O–H groups in total. The highest BCUT2D eigenvalue weighted by atomic mass is 16.5. The topological polar surface area (TPSA) is 22.1 Å². The second-order valence-corrected chi connectivity index (χ2v) is 5.64. The van der Waals surface area contributed by atoms with Gasteiger partial charge in [0, 0.05) is 11.9 Å². The molecule has 0 aliphatic carbocycles. The molecule has 0 radical (unpaired) electrons. The molecule has 0 aromatic carbocycles. The van der Waals surface area contributed by atoms with Crippen molar-refractivity contribution >= 4 is 0 Å². The van der Waals surface area contributed by atoms with Gasteiger partial charge in [-0.3, -0.25) is 4.98 Å². The lowest BCUT2D eigenvalue weighted by Crippen LogP contribution is -2.28. The first-order chi connectivity index (χ1) is 8.06. The van der Waals surface area contributed by atoms with Gasteiger partial charge in [0.1, 0.15) is 0 Å². The van der Waals surface area contributed by atoms with E-state index in [1.165, 1.54) is 12.0 Å². The standard InChI is InChI=1S/C15H23NO/c1-10(2)14-8-12(4)17-15(9-14)13-5-6-16-11(3)7-13/h5-7,10,12,14-15H,8-9H2,1-4H3/t12-,14+,15-/m1/s1. The smallest absolute Gasteiger partial charge is 0.0832 e. The fourth-order valence-corrected chi connectivity index (χ4v) is 2.72. The van der Waals surface area contributed by atoms with Crippen LogP contribution in [0, 0.1) is 18.8 Å². The van der Waals surface area contributed by atoms with E-state index in [9.17, 15) is 0 Å². The molecule has 2 nitrogen and oxygen atoms in total. The van der Waals surface area contributed by atoms with E-state index in [1.54, 1.807) is 0 Å². The van der Waals surface area contributed by atoms with Crippen LogP contribution < -0.4 is 0 Å². The van der Waals surface area contributed by atoms with E-state index in [2.05, 4.69) is 37.9 Å². The van der Waals surface area contributed by atoms with E-state index in [0.29, 0.717) is 6.10 Å². The molecule has 94 valence electrons. The van der Waals surface area contributed by atoms with E-state index < -0.39 is 0 Å². The summed E-state index contributed by atoms with van der Waals surface area (Å²) >= 11 is 0. The molecule has 1 aromatic heterocycles. The second-order valence-electron chi connectivity index (χ2n) is 5.64. The van der Waals surface area contributed by atoms with Crippen LogP contribution >= 0.6 is 0 Å². The van der Waals surface area contributed by atoms with Crippen LogP contribution in [-0.4, -0.2) is 11.1 Å². The molecule has 1 aliphatic heterocycles. The first kappa shape index (κ1) is 12.6. The minimum atomic E-state index is 0.257. The van der Waals surface area contributed by atoms with Gasteiger partial charge in [-0.25, -0.2) is 0 Å². The van der Waals surface area contributed by atoms with Crippen molar-refractivity contribution in [3.63, 3.8) is 0 Å². The van der Waals surface area contributed by atoms with E-state index in [-0.39, 0.29) is 6.10 Å². The Bertz CT molecular complexity index is 375. The minimum Gasteiger partial charge on any atom is -0.371 e. The molecule has 17 heavy (non-hydrogen) atoms. The predicted octanol–water partition coefficient (Wildman–Crippen LogP) is 3.90. The molecule has 0 bridgehead atoms. The maximum absolute atomic E-state index is 6.08. The monoisotopic (exact) mass is 233 g/mol. The molecule has 2 heteroatoms. The number of pyridine rings is 1. The predicted molar refractivity (Wildman–Crippen MR) is 69.8 cm³/mol. The van der Waals surface area contributed by atoms with E-state index in [1.807, 2.05) is 13.1 Å². The molecule has 1 aliphatic rings. The first-order valence-corrected chi connectivity index (χ1v) is 6.64. The molecule has 3 atom stereocenters. The molecule has 1 aromatic rings. The van der Waals surface area contributed by atoms with Crippen molar-refractivity contribution in [2.45, 2.75) is 52.7 Å². The second kappa shape index (κ2) is 5.18. The normalized spacial score (nSPS) is 29.6. The van der Waals surface area contributed by atoms with Crippen LogP contribution in [-0.2, 0) is 4.74 Å². The number of aromatic nitrogens is 1. The van der Waals surface area contributed by atoms with Crippen molar-refractivity contribution in [3.05, 3.63) is 29.6 Å². The lowest BCUT2D eigenvalue weighted by molar-refractivity contribution is -0.0720. The summed E-state index contributed by atoms with van der Waals surface area (Å²) in [5.41, 5.74) is 2.36. The van der Waals surface area contributed by atoms with Crippen LogP contribution in [0.2, 0.25) is 0 Å². The summed E-state index contributed by atoms with van der Waals surface area (Å²) in [6.45, 7) is 8.86. The maximum atomic E-state index is 6.08. The van der Waals surface area contributed by atoms with Crippen molar-refractivity contribution in [3.8, 4) is 0 Å². The number of ether oxygens (including phenoxy) is 1. The van der Waals surface area contributed by atoms with Crippen molar-refractivity contribution in [2.24, 2.45) is 11.8 Å². The van der Waals surface area contributed by atoms with Crippen molar-refractivity contribution in [1.82, 2.24) is 4.98 Å². The maximum Gasteiger partial charge on any atom is 0.0832 e. The quantitative estimate of drug-likeness (QED) is 0.773. The van der Waals surface area contributed by atoms with Crippen LogP contribution in [0.5, 0.6) is 0 Å². The summed E-state index contributed by atoms with van der Waals surface area (Å²) in [6, 6.07) is 4.24. The number of aryl methyl sites for hydroxylation is 1. The fraction of sp³-hybridized carbons (Fsp3) is 0.667. The summed E-state index contributed by atoms with van der Waals surface area (Å²) in [5.74, 6) is 1.52. The zero-order valence-corrected chi connectivity index (χ0v) is 11.3. The van der Waals surface area contributed by atoms with Crippen molar-refractivity contribution in [1.29, 1.82) is 0 Å². The summed E-state index contributed by atoms with van der Waals surface area (Å²) in [7, 11) is 0. The van der Waals surface area contributed by atoms with Crippen LogP contribution in [0.25, 0.3) is 0 Å². The largest absolute Gasteiger partial charge is 0.371 e. The molecule has 2 heterocycles. The Balaban J connectivity index is 2.15. The summed E-state index contributed by atoms with van der Waals surface area (Å²) in [6.07, 6.45) is 4.85. The molecule has 1 fully saturated rings. The van der Waals surface area contributed by atoms with Crippen LogP contribution in [0.4, 0.5) is 0 Å². The third kappa shape index (κ3) is 3.06. The van der Waals surface area contributed by atoms with Gasteiger partial charge in [0.25, 0.3) is 0 Å². The molecule has 0 amide bonds. The number of hydrogen-bond acceptors (Lipinski definition) is 2. The van der Waals surface area contributed by atoms with Gasteiger partial charge in [-0.15, -0.1) is 0 Å². The lowest BCUT2D eigenvalue weighted by atomic mass is 9.82. The molecule has 2 rings (SSSR count). The van der Waals surface area contributed by atoms with Gasteiger partial charge < -0.3 is 4.74 Å². The Kier molecular flexibility index (Phi) is 3.82. The first-order valence-electron chi connectivity index (χ1n) is 6.64. The number of hydrogen-bond donors (Lipinski definition) is 0. The highest BCUT2D eigenvalue weighted by Gasteiger charge is 2.29. The number of rotatable bonds is 2. The van der Waals surface area contributed by atoms with Gasteiger partial charge in [-0.05, 0) is 56.2 Å². The van der Waals surface area contributed by atoms with E-state index >= 15 is 0 Å². The summed E-state index contributed by atoms with van der Waals surface area (Å²) in [5, 5.41) is 0. The zero-order valence-electron chi connectivity index (χ0n) is 11.3. The Labute approximate surface area is 104 Å². The Morgan fingerprint density at radius 2 is 2.12 bits per heavy atom. The average molecular weight is 233 g/mol. The molecular weight excluding hydrogens is 210 g/mol. The third-order valence-electron chi connectivity index (χ3n) is 3.78. The highest BCUT2D eigenvalue weighted by Crippen LogP contribution is 2.38. The van der Waals surface area contributed by atoms with Gasteiger partial charge in [-0.1, -0.05) is 13.8 Å². The van der Waals surface area contributed by atoms with Gasteiger partial charge >= 0.3 is 0 Å². The molecular formula is C15H23NO. The van der Waals surface area contributed by atoms with Crippen LogP contribution in [0.15, 0.2) is 18.3 Å². The van der Waals surface area contributed by atoms with E-state index in [4.69, 9.17) is 4.74 Å². The SMILES string of the molecule is Cc1cc([C@H]2C[C@@H](C(C)C)C[C@@H](C)O2)ccn1. The van der Waals surface area contributed by atoms with E-state index in [0.717, 1.165) is 24.0 Å². The van der Waals surface area contributed by atoms with Gasteiger partial charge in [0.15, 0.2) is 0 Å². The van der Waals surface area contributed by atoms with Gasteiger partial charge in [0.05, 0.1) is 12.2 Å². The summed E-state index contributed by atoms with van der Waals surface area (Å²) < 4.78 is 6.08. The Morgan fingerprint density at radius 1 is 1.35 bits per heavy atom. The Morgan fingerprint density at radius 3 is 2.76 bits per heavy atom.